The average molecular weight is 506 g/mol. The summed E-state index contributed by atoms with van der Waals surface area (Å²) in [5.41, 5.74) is 3.87. The molecule has 186 valence electrons. The first-order chi connectivity index (χ1) is 17.3. The number of carbonyl (C=O) groups excluding carboxylic acids is 1. The lowest BCUT2D eigenvalue weighted by atomic mass is 10.0. The monoisotopic (exact) mass is 505 g/mol. The summed E-state index contributed by atoms with van der Waals surface area (Å²) in [5, 5.41) is 16.1. The van der Waals surface area contributed by atoms with Crippen molar-refractivity contribution >= 4 is 44.2 Å². The Balaban J connectivity index is 1.51. The number of fused-ring (bicyclic) bond motifs is 1. The van der Waals surface area contributed by atoms with Crippen LogP contribution in [0.2, 0.25) is 0 Å². The van der Waals surface area contributed by atoms with E-state index in [0.29, 0.717) is 5.75 Å². The predicted octanol–water partition coefficient (Wildman–Crippen LogP) is 5.56. The van der Waals surface area contributed by atoms with Crippen LogP contribution in [0.1, 0.15) is 24.2 Å². The lowest BCUT2D eigenvalue weighted by Gasteiger charge is -2.19. The Kier molecular flexibility index (Phi) is 7.40. The molecule has 0 aliphatic rings. The standard InChI is InChI=1S/C27H27N3O5S/c1-15(2)24(26(32)33)30-25(31)20-11-7-17(13-22(20)35-4)16-5-8-18(9-6-16)28-27-29-21-12-10-19(34-3)14-23(21)36-27/h5-15,24H,1-4H3,(H,28,29)(H,30,31)(H,32,33)/t24-/m0/s1. The first-order valence-corrected chi connectivity index (χ1v) is 12.1. The summed E-state index contributed by atoms with van der Waals surface area (Å²) < 4.78 is 11.8. The number of amides is 1. The van der Waals surface area contributed by atoms with Crippen molar-refractivity contribution in [1.82, 2.24) is 10.3 Å². The van der Waals surface area contributed by atoms with Crippen LogP contribution >= 0.6 is 11.3 Å². The van der Waals surface area contributed by atoms with Gasteiger partial charge in [0.05, 0.1) is 30.0 Å². The van der Waals surface area contributed by atoms with Gasteiger partial charge in [-0.1, -0.05) is 43.4 Å². The highest BCUT2D eigenvalue weighted by Crippen LogP contribution is 2.32. The number of carboxylic acid groups (broad SMARTS) is 1. The van der Waals surface area contributed by atoms with E-state index in [4.69, 9.17) is 9.47 Å². The van der Waals surface area contributed by atoms with E-state index in [1.165, 1.54) is 7.11 Å². The number of aromatic nitrogens is 1. The summed E-state index contributed by atoms with van der Waals surface area (Å²) in [6, 6.07) is 17.9. The number of hydrogen-bond donors (Lipinski definition) is 3. The fourth-order valence-electron chi connectivity index (χ4n) is 3.75. The van der Waals surface area contributed by atoms with E-state index in [-0.39, 0.29) is 11.5 Å². The zero-order valence-electron chi connectivity index (χ0n) is 20.4. The van der Waals surface area contributed by atoms with Crippen molar-refractivity contribution in [2.24, 2.45) is 5.92 Å². The van der Waals surface area contributed by atoms with Crippen LogP contribution in [0, 0.1) is 5.92 Å². The molecule has 0 spiro atoms. The van der Waals surface area contributed by atoms with Crippen molar-refractivity contribution in [3.8, 4) is 22.6 Å². The summed E-state index contributed by atoms with van der Waals surface area (Å²) >= 11 is 1.55. The molecule has 4 aromatic rings. The van der Waals surface area contributed by atoms with Crippen LogP contribution < -0.4 is 20.1 Å². The summed E-state index contributed by atoms with van der Waals surface area (Å²) in [5.74, 6) is -0.664. The minimum absolute atomic E-state index is 0.255. The maximum atomic E-state index is 12.7. The van der Waals surface area contributed by atoms with Gasteiger partial charge in [0.1, 0.15) is 17.5 Å². The number of carboxylic acids is 1. The lowest BCUT2D eigenvalue weighted by Crippen LogP contribution is -2.44. The number of anilines is 2. The van der Waals surface area contributed by atoms with E-state index in [0.717, 1.165) is 37.9 Å². The van der Waals surface area contributed by atoms with Gasteiger partial charge in [0.15, 0.2) is 5.13 Å². The largest absolute Gasteiger partial charge is 0.497 e. The Bertz CT molecular complexity index is 1400. The summed E-state index contributed by atoms with van der Waals surface area (Å²) in [6.45, 7) is 3.48. The quantitative estimate of drug-likeness (QED) is 0.273. The van der Waals surface area contributed by atoms with Gasteiger partial charge in [0, 0.05) is 5.69 Å². The molecular weight excluding hydrogens is 478 g/mol. The zero-order valence-corrected chi connectivity index (χ0v) is 21.2. The fourth-order valence-corrected chi connectivity index (χ4v) is 4.66. The number of thiazole rings is 1. The lowest BCUT2D eigenvalue weighted by molar-refractivity contribution is -0.140. The second-order valence-electron chi connectivity index (χ2n) is 8.50. The van der Waals surface area contributed by atoms with Crippen LogP contribution in [0.5, 0.6) is 11.5 Å². The molecule has 0 bridgehead atoms. The van der Waals surface area contributed by atoms with Gasteiger partial charge in [0.25, 0.3) is 5.91 Å². The van der Waals surface area contributed by atoms with Crippen LogP contribution in [0.15, 0.2) is 60.7 Å². The number of rotatable bonds is 9. The molecule has 0 saturated carbocycles. The molecule has 0 unspecified atom stereocenters. The third-order valence-electron chi connectivity index (χ3n) is 5.73. The number of benzene rings is 3. The van der Waals surface area contributed by atoms with Gasteiger partial charge in [-0.15, -0.1) is 0 Å². The Hall–Kier alpha value is -4.11. The van der Waals surface area contributed by atoms with Crippen LogP contribution in [0.4, 0.5) is 10.8 Å². The van der Waals surface area contributed by atoms with E-state index in [1.54, 1.807) is 44.4 Å². The molecule has 8 nitrogen and oxygen atoms in total. The molecule has 0 aliphatic carbocycles. The molecular formula is C27H27N3O5S. The summed E-state index contributed by atoms with van der Waals surface area (Å²) in [6.07, 6.45) is 0. The van der Waals surface area contributed by atoms with Crippen molar-refractivity contribution in [2.45, 2.75) is 19.9 Å². The van der Waals surface area contributed by atoms with E-state index in [9.17, 15) is 14.7 Å². The minimum atomic E-state index is -1.08. The third kappa shape index (κ3) is 5.41. The zero-order chi connectivity index (χ0) is 25.8. The van der Waals surface area contributed by atoms with E-state index < -0.39 is 17.9 Å². The summed E-state index contributed by atoms with van der Waals surface area (Å²) in [7, 11) is 3.12. The van der Waals surface area contributed by atoms with Gasteiger partial charge in [-0.25, -0.2) is 9.78 Å². The van der Waals surface area contributed by atoms with Gasteiger partial charge in [-0.2, -0.15) is 0 Å². The Labute approximate surface area is 212 Å². The number of carbonyl (C=O) groups is 2. The molecule has 1 atom stereocenters. The highest BCUT2D eigenvalue weighted by molar-refractivity contribution is 7.22. The first kappa shape index (κ1) is 25.0. The highest BCUT2D eigenvalue weighted by Gasteiger charge is 2.25. The molecule has 0 saturated heterocycles. The highest BCUT2D eigenvalue weighted by atomic mass is 32.1. The second kappa shape index (κ2) is 10.7. The van der Waals surface area contributed by atoms with Crippen LogP contribution in [0.3, 0.4) is 0 Å². The molecule has 9 heteroatoms. The normalized spacial score (nSPS) is 11.8. The molecule has 1 heterocycles. The summed E-state index contributed by atoms with van der Waals surface area (Å²) in [4.78, 5) is 28.8. The van der Waals surface area contributed by atoms with Gasteiger partial charge in [-0.05, 0) is 59.5 Å². The molecule has 4 rings (SSSR count). The van der Waals surface area contributed by atoms with Crippen LogP contribution in [0.25, 0.3) is 21.3 Å². The van der Waals surface area contributed by atoms with Crippen molar-refractivity contribution in [3.63, 3.8) is 0 Å². The molecule has 3 N–H and O–H groups in total. The third-order valence-corrected chi connectivity index (χ3v) is 6.66. The Morgan fingerprint density at radius 3 is 2.31 bits per heavy atom. The SMILES string of the molecule is COc1ccc2nc(Nc3ccc(-c4ccc(C(=O)N[C@H](C(=O)O)C(C)C)c(OC)c4)cc3)sc2c1. The number of nitrogens with one attached hydrogen (secondary N) is 2. The molecule has 1 aromatic heterocycles. The van der Waals surface area contributed by atoms with Gasteiger partial charge in [0.2, 0.25) is 0 Å². The molecule has 3 aromatic carbocycles. The smallest absolute Gasteiger partial charge is 0.326 e. The average Bonchev–Trinajstić information content (AvgIpc) is 3.28. The van der Waals surface area contributed by atoms with Crippen molar-refractivity contribution < 1.29 is 24.2 Å². The maximum absolute atomic E-state index is 12.7. The van der Waals surface area contributed by atoms with Crippen molar-refractivity contribution in [2.75, 3.05) is 19.5 Å². The van der Waals surface area contributed by atoms with Crippen LogP contribution in [-0.2, 0) is 4.79 Å². The predicted molar refractivity (Wildman–Crippen MR) is 142 cm³/mol. The Morgan fingerprint density at radius 2 is 1.67 bits per heavy atom. The number of ether oxygens (including phenoxy) is 2. The number of methoxy groups -OCH3 is 2. The van der Waals surface area contributed by atoms with Gasteiger partial charge in [-0.3, -0.25) is 4.79 Å². The van der Waals surface area contributed by atoms with E-state index in [1.807, 2.05) is 48.5 Å². The molecule has 0 aliphatic heterocycles. The minimum Gasteiger partial charge on any atom is -0.497 e. The van der Waals surface area contributed by atoms with Crippen LogP contribution in [-0.4, -0.2) is 42.2 Å². The number of hydrogen-bond acceptors (Lipinski definition) is 7. The second-order valence-corrected chi connectivity index (χ2v) is 9.53. The molecule has 36 heavy (non-hydrogen) atoms. The topological polar surface area (TPSA) is 110 Å². The van der Waals surface area contributed by atoms with Gasteiger partial charge < -0.3 is 25.2 Å². The number of nitrogens with zero attached hydrogens (tertiary/aromatic N) is 1. The van der Waals surface area contributed by atoms with Crippen molar-refractivity contribution in [1.29, 1.82) is 0 Å². The molecule has 1 amide bonds. The van der Waals surface area contributed by atoms with E-state index in [2.05, 4.69) is 15.6 Å². The maximum Gasteiger partial charge on any atom is 0.326 e. The fraction of sp³-hybridized carbons (Fsp3) is 0.222. The Morgan fingerprint density at radius 1 is 0.944 bits per heavy atom. The molecule has 0 fully saturated rings. The number of aliphatic carboxylic acids is 1. The van der Waals surface area contributed by atoms with Gasteiger partial charge >= 0.3 is 5.97 Å². The first-order valence-electron chi connectivity index (χ1n) is 11.3. The molecule has 0 radical (unpaired) electrons. The van der Waals surface area contributed by atoms with E-state index >= 15 is 0 Å². The van der Waals surface area contributed by atoms with Crippen molar-refractivity contribution in [3.05, 3.63) is 66.2 Å².